The molecule has 1 aromatic heterocycles. The second kappa shape index (κ2) is 13.7. The molecule has 1 aromatic carbocycles. The quantitative estimate of drug-likeness (QED) is 0.231. The van der Waals surface area contributed by atoms with Crippen molar-refractivity contribution in [1.29, 1.82) is 0 Å². The third kappa shape index (κ3) is 7.07. The lowest BCUT2D eigenvalue weighted by molar-refractivity contribution is 0.304. The van der Waals surface area contributed by atoms with Gasteiger partial charge in [-0.3, -0.25) is 4.99 Å². The minimum absolute atomic E-state index is 0.688. The Kier molecular flexibility index (Phi) is 9.88. The van der Waals surface area contributed by atoms with E-state index in [1.165, 1.54) is 32.1 Å². The molecule has 0 bridgehead atoms. The summed E-state index contributed by atoms with van der Waals surface area (Å²) in [5.74, 6) is 1.61. The van der Waals surface area contributed by atoms with Crippen molar-refractivity contribution in [2.75, 3.05) is 6.61 Å². The maximum Gasteiger partial charge on any atom is 0.119 e. The van der Waals surface area contributed by atoms with Crippen LogP contribution in [-0.2, 0) is 0 Å². The van der Waals surface area contributed by atoms with Crippen LogP contribution in [0.15, 0.2) is 95.7 Å². The first-order valence-electron chi connectivity index (χ1n) is 13.8. The van der Waals surface area contributed by atoms with Crippen molar-refractivity contribution in [3.63, 3.8) is 0 Å². The lowest BCUT2D eigenvalue weighted by atomic mass is 9.92. The highest BCUT2D eigenvalue weighted by Crippen LogP contribution is 2.39. The molecule has 0 aliphatic heterocycles. The van der Waals surface area contributed by atoms with Crippen LogP contribution in [0.1, 0.15) is 76.5 Å². The number of hydrogen-bond donors (Lipinski definition) is 0. The maximum atomic E-state index is 6.04. The fourth-order valence-corrected chi connectivity index (χ4v) is 5.28. The third-order valence-corrected chi connectivity index (χ3v) is 7.34. The molecule has 4 rings (SSSR count). The van der Waals surface area contributed by atoms with Crippen molar-refractivity contribution in [3.05, 3.63) is 102 Å². The molecule has 1 heterocycles. The predicted molar refractivity (Wildman–Crippen MR) is 158 cm³/mol. The van der Waals surface area contributed by atoms with Crippen LogP contribution >= 0.6 is 0 Å². The fourth-order valence-electron chi connectivity index (χ4n) is 5.28. The molecule has 1 fully saturated rings. The van der Waals surface area contributed by atoms with E-state index < -0.39 is 0 Å². The van der Waals surface area contributed by atoms with Gasteiger partial charge in [-0.05, 0) is 76.3 Å². The summed E-state index contributed by atoms with van der Waals surface area (Å²) in [5, 5.41) is 0. The van der Waals surface area contributed by atoms with Gasteiger partial charge in [-0.2, -0.15) is 0 Å². The molecular formula is C34H40N2O. The van der Waals surface area contributed by atoms with Crippen molar-refractivity contribution >= 4 is 11.8 Å². The first kappa shape index (κ1) is 26.6. The van der Waals surface area contributed by atoms with E-state index in [0.29, 0.717) is 5.92 Å². The van der Waals surface area contributed by atoms with Crippen LogP contribution in [-0.4, -0.2) is 17.3 Å². The van der Waals surface area contributed by atoms with E-state index in [9.17, 15) is 0 Å². The van der Waals surface area contributed by atoms with Gasteiger partial charge in [0.1, 0.15) is 5.75 Å². The number of ether oxygens (including phenoxy) is 1. The summed E-state index contributed by atoms with van der Waals surface area (Å²) >= 11 is 0. The summed E-state index contributed by atoms with van der Waals surface area (Å²) in [4.78, 5) is 9.61. The van der Waals surface area contributed by atoms with Crippen molar-refractivity contribution in [1.82, 2.24) is 4.98 Å². The Labute approximate surface area is 223 Å². The lowest BCUT2D eigenvalue weighted by Gasteiger charge is -2.14. The standard InChI is InChI=1S/C34H40N2O/c1-4-7-10-24-35-33-15-12-13-29-20-23-32(36-34(29)33)28-18-21-30(22-19-28)37-25-11-8-9-14-31-26(5-2)16-17-27(31)6-3/h4-6,10,12-13,18-24,31H,1,7-9,11,14-17,25H2,2-3H3/b24-10-,26-5+,27-6?,35-33?. The minimum Gasteiger partial charge on any atom is -0.494 e. The number of unbranched alkanes of at least 4 members (excludes halogenated alkanes) is 2. The number of hydrogen-bond acceptors (Lipinski definition) is 3. The fraction of sp³-hybridized carbons (Fsp3) is 0.353. The Bertz CT molecular complexity index is 1190. The van der Waals surface area contributed by atoms with E-state index in [1.54, 1.807) is 11.1 Å². The van der Waals surface area contributed by atoms with Gasteiger partial charge >= 0.3 is 0 Å². The zero-order valence-corrected chi connectivity index (χ0v) is 22.5. The Morgan fingerprint density at radius 2 is 1.78 bits per heavy atom. The topological polar surface area (TPSA) is 34.5 Å². The molecular weight excluding hydrogens is 452 g/mol. The molecule has 2 aliphatic rings. The van der Waals surface area contributed by atoms with Crippen molar-refractivity contribution < 1.29 is 4.74 Å². The molecule has 1 atom stereocenters. The smallest absolute Gasteiger partial charge is 0.119 e. The molecule has 0 spiro atoms. The van der Waals surface area contributed by atoms with Crippen molar-refractivity contribution in [3.8, 4) is 17.0 Å². The predicted octanol–water partition coefficient (Wildman–Crippen LogP) is 9.29. The summed E-state index contributed by atoms with van der Waals surface area (Å²) in [6, 6.07) is 12.5. The summed E-state index contributed by atoms with van der Waals surface area (Å²) in [5.41, 5.74) is 8.39. The minimum atomic E-state index is 0.688. The molecule has 1 unspecified atom stereocenters. The molecule has 3 nitrogen and oxygen atoms in total. The van der Waals surface area contributed by atoms with Crippen LogP contribution in [0.4, 0.5) is 0 Å². The average Bonchev–Trinajstić information content (AvgIpc) is 3.35. The zero-order chi connectivity index (χ0) is 25.9. The maximum absolute atomic E-state index is 6.04. The number of aromatic nitrogens is 1. The van der Waals surface area contributed by atoms with Gasteiger partial charge in [-0.15, -0.1) is 6.58 Å². The highest BCUT2D eigenvalue weighted by atomic mass is 16.5. The number of aliphatic imine (C=N–C) groups is 1. The van der Waals surface area contributed by atoms with Crippen LogP contribution in [0.25, 0.3) is 17.3 Å². The van der Waals surface area contributed by atoms with Crippen LogP contribution < -0.4 is 4.74 Å². The van der Waals surface area contributed by atoms with Crippen LogP contribution in [0.2, 0.25) is 0 Å². The second-order valence-corrected chi connectivity index (χ2v) is 9.73. The zero-order valence-electron chi connectivity index (χ0n) is 22.5. The van der Waals surface area contributed by atoms with E-state index in [-0.39, 0.29) is 0 Å². The van der Waals surface area contributed by atoms with E-state index in [1.807, 2.05) is 18.4 Å². The Hall–Kier alpha value is -3.46. The Balaban J connectivity index is 1.28. The number of fused-ring (bicyclic) bond motifs is 1. The first-order chi connectivity index (χ1) is 18.2. The summed E-state index contributed by atoms with van der Waals surface area (Å²) < 4.78 is 6.04. The Morgan fingerprint density at radius 3 is 2.51 bits per heavy atom. The SMILES string of the molecule is C=CC/C=C\N=C1CC=Cc2ccc(-c3ccc(OCCCCCC4C(=CC)CC/C4=C\C)cc3)nc21. The number of rotatable bonds is 11. The molecule has 37 heavy (non-hydrogen) atoms. The monoisotopic (exact) mass is 492 g/mol. The lowest BCUT2D eigenvalue weighted by Crippen LogP contribution is -2.09. The van der Waals surface area contributed by atoms with Crippen LogP contribution in [0.3, 0.4) is 0 Å². The number of benzene rings is 1. The first-order valence-corrected chi connectivity index (χ1v) is 13.8. The number of allylic oxidation sites excluding steroid dienone is 7. The molecule has 0 saturated heterocycles. The van der Waals surface area contributed by atoms with Crippen molar-refractivity contribution in [2.24, 2.45) is 10.9 Å². The Morgan fingerprint density at radius 1 is 1.00 bits per heavy atom. The highest BCUT2D eigenvalue weighted by Gasteiger charge is 2.23. The second-order valence-electron chi connectivity index (χ2n) is 9.73. The van der Waals surface area contributed by atoms with Crippen LogP contribution in [0, 0.1) is 5.92 Å². The van der Waals surface area contributed by atoms with Crippen LogP contribution in [0.5, 0.6) is 5.75 Å². The molecule has 0 radical (unpaired) electrons. The van der Waals surface area contributed by atoms with E-state index in [2.05, 4.69) is 86.1 Å². The van der Waals surface area contributed by atoms with Gasteiger partial charge in [0, 0.05) is 29.7 Å². The summed E-state index contributed by atoms with van der Waals surface area (Å²) in [6.07, 6.45) is 23.6. The van der Waals surface area contributed by atoms with E-state index >= 15 is 0 Å². The van der Waals surface area contributed by atoms with E-state index in [4.69, 9.17) is 9.72 Å². The number of pyridine rings is 1. The molecule has 1 saturated carbocycles. The molecule has 2 aliphatic carbocycles. The normalized spacial score (nSPS) is 20.3. The molecule has 192 valence electrons. The van der Waals surface area contributed by atoms with E-state index in [0.717, 1.165) is 59.8 Å². The van der Waals surface area contributed by atoms with Gasteiger partial charge in [0.15, 0.2) is 0 Å². The van der Waals surface area contributed by atoms with Gasteiger partial charge in [-0.25, -0.2) is 4.98 Å². The molecule has 0 N–H and O–H groups in total. The summed E-state index contributed by atoms with van der Waals surface area (Å²) in [6.45, 7) is 8.89. The largest absolute Gasteiger partial charge is 0.494 e. The van der Waals surface area contributed by atoms with Gasteiger partial charge in [0.05, 0.1) is 23.7 Å². The van der Waals surface area contributed by atoms with Gasteiger partial charge < -0.3 is 4.74 Å². The molecule has 0 amide bonds. The number of nitrogens with zero attached hydrogens (tertiary/aromatic N) is 2. The third-order valence-electron chi connectivity index (χ3n) is 7.34. The van der Waals surface area contributed by atoms with Crippen molar-refractivity contribution in [2.45, 2.75) is 65.2 Å². The van der Waals surface area contributed by atoms with Gasteiger partial charge in [0.2, 0.25) is 0 Å². The van der Waals surface area contributed by atoms with Gasteiger partial charge in [0.25, 0.3) is 0 Å². The average molecular weight is 493 g/mol. The van der Waals surface area contributed by atoms with Gasteiger partial charge in [-0.1, -0.05) is 66.5 Å². The molecule has 3 heteroatoms. The molecule has 2 aromatic rings. The summed E-state index contributed by atoms with van der Waals surface area (Å²) in [7, 11) is 0. The highest BCUT2D eigenvalue weighted by molar-refractivity contribution is 6.05.